The third-order valence-corrected chi connectivity index (χ3v) is 6.59. The number of carboxylic acids is 1. The Morgan fingerprint density at radius 2 is 2.00 bits per heavy atom. The fourth-order valence-electron chi connectivity index (χ4n) is 4.62. The number of benzene rings is 1. The standard InChI is InChI=1S/C24H26N6O5/c31-19-11-35-18-6-3-14(7-16(18)30-19)9-27-23(32)22-21-20(28-12-29-22)17(10-26-21)25-8-13-1-4-15(5-2-13)24(33)34/h3,6-7,10,12-13,15,25-26H,1-2,4-5,8-9,11H2,(H,27,32)(H,30,31)(H,33,34). The van der Waals surface area contributed by atoms with E-state index in [2.05, 4.69) is 30.9 Å². The molecule has 0 atom stereocenters. The number of nitrogens with zero attached hydrogens (tertiary/aromatic N) is 2. The maximum absolute atomic E-state index is 12.9. The Bertz CT molecular complexity index is 1280. The van der Waals surface area contributed by atoms with Gasteiger partial charge < -0.3 is 30.8 Å². The van der Waals surface area contributed by atoms with Crippen molar-refractivity contribution >= 4 is 40.2 Å². The van der Waals surface area contributed by atoms with Gasteiger partial charge in [-0.15, -0.1) is 0 Å². The van der Waals surface area contributed by atoms with Gasteiger partial charge in [0.05, 0.1) is 22.8 Å². The van der Waals surface area contributed by atoms with Crippen molar-refractivity contribution in [3.63, 3.8) is 0 Å². The van der Waals surface area contributed by atoms with Gasteiger partial charge in [0, 0.05) is 19.3 Å². The first kappa shape index (κ1) is 22.6. The molecule has 2 aliphatic rings. The predicted octanol–water partition coefficient (Wildman–Crippen LogP) is 2.52. The quantitative estimate of drug-likeness (QED) is 0.346. The van der Waals surface area contributed by atoms with Crippen LogP contribution in [0.2, 0.25) is 0 Å². The van der Waals surface area contributed by atoms with E-state index in [9.17, 15) is 14.4 Å². The van der Waals surface area contributed by atoms with E-state index in [1.165, 1.54) is 6.33 Å². The number of carboxylic acid groups (broad SMARTS) is 1. The molecule has 11 nitrogen and oxygen atoms in total. The summed E-state index contributed by atoms with van der Waals surface area (Å²) in [6.45, 7) is 0.952. The summed E-state index contributed by atoms with van der Waals surface area (Å²) in [6.07, 6.45) is 6.27. The van der Waals surface area contributed by atoms with Crippen molar-refractivity contribution in [3.8, 4) is 5.75 Å². The summed E-state index contributed by atoms with van der Waals surface area (Å²) in [5.41, 5.74) is 3.56. The van der Waals surface area contributed by atoms with E-state index < -0.39 is 5.97 Å². The average Bonchev–Trinajstić information content (AvgIpc) is 3.29. The van der Waals surface area contributed by atoms with Crippen LogP contribution in [0.1, 0.15) is 41.7 Å². The first-order valence-electron chi connectivity index (χ1n) is 11.6. The van der Waals surface area contributed by atoms with Gasteiger partial charge in [-0.3, -0.25) is 14.4 Å². The summed E-state index contributed by atoms with van der Waals surface area (Å²) < 4.78 is 5.36. The lowest BCUT2D eigenvalue weighted by molar-refractivity contribution is -0.143. The maximum atomic E-state index is 12.9. The second-order valence-corrected chi connectivity index (χ2v) is 8.94. The zero-order valence-electron chi connectivity index (χ0n) is 19.0. The lowest BCUT2D eigenvalue weighted by Crippen LogP contribution is -2.26. The Morgan fingerprint density at radius 3 is 2.80 bits per heavy atom. The molecule has 5 rings (SSSR count). The SMILES string of the molecule is O=C1COc2ccc(CNC(=O)c3ncnc4c(NCC5CCC(C(=O)O)CC5)c[nH]c34)cc2N1. The zero-order chi connectivity index (χ0) is 24.4. The number of fused-ring (bicyclic) bond motifs is 2. The van der Waals surface area contributed by atoms with Gasteiger partial charge in [0.25, 0.3) is 11.8 Å². The van der Waals surface area contributed by atoms with Crippen LogP contribution in [0.4, 0.5) is 11.4 Å². The van der Waals surface area contributed by atoms with E-state index in [1.54, 1.807) is 18.3 Å². The normalized spacial score (nSPS) is 19.4. The highest BCUT2D eigenvalue weighted by Gasteiger charge is 2.26. The Kier molecular flexibility index (Phi) is 6.21. The van der Waals surface area contributed by atoms with Crippen LogP contribution >= 0.6 is 0 Å². The molecular formula is C24H26N6O5. The number of nitrogens with one attached hydrogen (secondary N) is 4. The number of amides is 2. The third kappa shape index (κ3) is 4.88. The number of aromatic amines is 1. The van der Waals surface area contributed by atoms with Crippen LogP contribution < -0.4 is 20.7 Å². The summed E-state index contributed by atoms with van der Waals surface area (Å²) in [4.78, 5) is 47.2. The Morgan fingerprint density at radius 1 is 1.17 bits per heavy atom. The van der Waals surface area contributed by atoms with Gasteiger partial charge in [0.1, 0.15) is 17.6 Å². The number of aliphatic carboxylic acids is 1. The zero-order valence-corrected chi connectivity index (χ0v) is 19.0. The van der Waals surface area contributed by atoms with Crippen molar-refractivity contribution < 1.29 is 24.2 Å². The molecule has 182 valence electrons. The maximum Gasteiger partial charge on any atom is 0.306 e. The fraction of sp³-hybridized carbons (Fsp3) is 0.375. The molecule has 0 unspecified atom stereocenters. The molecule has 35 heavy (non-hydrogen) atoms. The molecule has 2 amide bonds. The minimum Gasteiger partial charge on any atom is -0.482 e. The lowest BCUT2D eigenvalue weighted by Gasteiger charge is -2.26. The molecule has 11 heteroatoms. The first-order valence-corrected chi connectivity index (χ1v) is 11.6. The van der Waals surface area contributed by atoms with Crippen LogP contribution in [0.15, 0.2) is 30.7 Å². The van der Waals surface area contributed by atoms with Crippen molar-refractivity contribution in [2.75, 3.05) is 23.8 Å². The topological polar surface area (TPSA) is 158 Å². The highest BCUT2D eigenvalue weighted by Crippen LogP contribution is 2.31. The molecular weight excluding hydrogens is 452 g/mol. The number of hydrogen-bond donors (Lipinski definition) is 5. The van der Waals surface area contributed by atoms with Crippen LogP contribution in [0.3, 0.4) is 0 Å². The minimum absolute atomic E-state index is 0.00830. The van der Waals surface area contributed by atoms with Gasteiger partial charge in [0.2, 0.25) is 0 Å². The van der Waals surface area contributed by atoms with E-state index in [4.69, 9.17) is 9.84 Å². The molecule has 3 aromatic rings. The molecule has 3 heterocycles. The van der Waals surface area contributed by atoms with Gasteiger partial charge in [-0.05, 0) is 49.3 Å². The number of H-pyrrole nitrogens is 1. The molecule has 1 aromatic carbocycles. The van der Waals surface area contributed by atoms with E-state index in [0.29, 0.717) is 47.8 Å². The molecule has 1 saturated carbocycles. The first-order chi connectivity index (χ1) is 17.0. The highest BCUT2D eigenvalue weighted by molar-refractivity contribution is 6.05. The smallest absolute Gasteiger partial charge is 0.306 e. The molecule has 2 aromatic heterocycles. The number of carbonyl (C=O) groups excluding carboxylic acids is 2. The average molecular weight is 479 g/mol. The molecule has 1 fully saturated rings. The van der Waals surface area contributed by atoms with Gasteiger partial charge in [-0.1, -0.05) is 6.07 Å². The number of hydrogen-bond acceptors (Lipinski definition) is 7. The van der Waals surface area contributed by atoms with E-state index in [1.807, 2.05) is 6.07 Å². The van der Waals surface area contributed by atoms with Crippen LogP contribution in [0.25, 0.3) is 11.0 Å². The van der Waals surface area contributed by atoms with Crippen molar-refractivity contribution in [1.29, 1.82) is 0 Å². The van der Waals surface area contributed by atoms with E-state index >= 15 is 0 Å². The number of anilines is 2. The predicted molar refractivity (Wildman–Crippen MR) is 127 cm³/mol. The van der Waals surface area contributed by atoms with Crippen LogP contribution in [-0.2, 0) is 16.1 Å². The number of carbonyl (C=O) groups is 3. The van der Waals surface area contributed by atoms with Crippen molar-refractivity contribution in [2.45, 2.75) is 32.2 Å². The summed E-state index contributed by atoms with van der Waals surface area (Å²) >= 11 is 0. The van der Waals surface area contributed by atoms with Gasteiger partial charge in [-0.25, -0.2) is 9.97 Å². The van der Waals surface area contributed by atoms with Gasteiger partial charge in [0.15, 0.2) is 12.3 Å². The van der Waals surface area contributed by atoms with E-state index in [0.717, 1.165) is 24.1 Å². The molecule has 0 radical (unpaired) electrons. The van der Waals surface area contributed by atoms with Crippen molar-refractivity contribution in [1.82, 2.24) is 20.3 Å². The Labute approximate surface area is 200 Å². The molecule has 5 N–H and O–H groups in total. The van der Waals surface area contributed by atoms with Gasteiger partial charge in [-0.2, -0.15) is 0 Å². The highest BCUT2D eigenvalue weighted by atomic mass is 16.5. The van der Waals surface area contributed by atoms with Gasteiger partial charge >= 0.3 is 5.97 Å². The Hall–Kier alpha value is -4.15. The third-order valence-electron chi connectivity index (χ3n) is 6.59. The Balaban J connectivity index is 1.22. The molecule has 1 aliphatic carbocycles. The fourth-order valence-corrected chi connectivity index (χ4v) is 4.62. The van der Waals surface area contributed by atoms with Crippen molar-refractivity contribution in [2.24, 2.45) is 11.8 Å². The second kappa shape index (κ2) is 9.61. The lowest BCUT2D eigenvalue weighted by atomic mass is 9.82. The molecule has 0 saturated heterocycles. The number of ether oxygens (including phenoxy) is 1. The molecule has 0 bridgehead atoms. The summed E-state index contributed by atoms with van der Waals surface area (Å²) in [5, 5.41) is 18.2. The van der Waals surface area contributed by atoms with Crippen LogP contribution in [0, 0.1) is 11.8 Å². The number of rotatable bonds is 7. The van der Waals surface area contributed by atoms with Crippen LogP contribution in [-0.4, -0.2) is 51.0 Å². The summed E-state index contributed by atoms with van der Waals surface area (Å²) in [7, 11) is 0. The largest absolute Gasteiger partial charge is 0.482 e. The second-order valence-electron chi connectivity index (χ2n) is 8.94. The minimum atomic E-state index is -0.706. The van der Waals surface area contributed by atoms with E-state index in [-0.39, 0.29) is 36.6 Å². The monoisotopic (exact) mass is 478 g/mol. The number of aromatic nitrogens is 3. The summed E-state index contributed by atoms with van der Waals surface area (Å²) in [5.74, 6) is -0.517. The van der Waals surface area contributed by atoms with Crippen LogP contribution in [0.5, 0.6) is 5.75 Å². The van der Waals surface area contributed by atoms with Crippen molar-refractivity contribution in [3.05, 3.63) is 42.0 Å². The summed E-state index contributed by atoms with van der Waals surface area (Å²) in [6, 6.07) is 5.35. The molecule has 0 spiro atoms. The molecule has 1 aliphatic heterocycles.